The largest absolute Gasteiger partial charge is 0.416 e. The number of ether oxygens (including phenoxy) is 1. The first-order valence-electron chi connectivity index (χ1n) is 11.9. The molecule has 0 unspecified atom stereocenters. The molecule has 4 rings (SSSR count). The number of benzene rings is 2. The van der Waals surface area contributed by atoms with Gasteiger partial charge in [-0.25, -0.2) is 4.79 Å². The van der Waals surface area contributed by atoms with Gasteiger partial charge in [0, 0.05) is 40.7 Å². The zero-order valence-corrected chi connectivity index (χ0v) is 21.4. The van der Waals surface area contributed by atoms with Gasteiger partial charge in [0.15, 0.2) is 0 Å². The van der Waals surface area contributed by atoms with E-state index in [9.17, 15) is 9.59 Å². The summed E-state index contributed by atoms with van der Waals surface area (Å²) in [5.41, 5.74) is 2.81. The van der Waals surface area contributed by atoms with Crippen LogP contribution in [0.3, 0.4) is 0 Å². The van der Waals surface area contributed by atoms with E-state index < -0.39 is 11.7 Å². The third-order valence-electron chi connectivity index (χ3n) is 5.08. The van der Waals surface area contributed by atoms with E-state index in [1.807, 2.05) is 56.3 Å². The van der Waals surface area contributed by atoms with Crippen molar-refractivity contribution in [3.8, 4) is 17.2 Å². The second-order valence-corrected chi connectivity index (χ2v) is 7.49. The molecule has 0 aliphatic carbocycles. The van der Waals surface area contributed by atoms with E-state index in [1.54, 1.807) is 6.07 Å². The van der Waals surface area contributed by atoms with Crippen molar-refractivity contribution in [3.63, 3.8) is 0 Å². The van der Waals surface area contributed by atoms with Crippen molar-refractivity contribution < 1.29 is 20.5 Å². The van der Waals surface area contributed by atoms with Crippen LogP contribution in [0, 0.1) is 23.5 Å². The van der Waals surface area contributed by atoms with Crippen LogP contribution in [0.1, 0.15) is 27.3 Å². The molecule has 0 radical (unpaired) electrons. The number of nitrogens with zero attached hydrogens (tertiary/aromatic N) is 2. The standard InChI is InChI=1S/C19H12N2O3.C6H13NO.C2H6.CH4O.H2/c20-11-17(21-12-22)9-13-1-3-14(4-2-13)15-5-7-18-16(10-15)6-8-19(23)24-18;1-7-3-2-5-8-6-4-7;2*1-2;/h1-5,7,10,12,17H,9H2,(H,21,22);2-6H2,1H3;1-2H3;2H,1H3;1H/t17-;;;;/m0..../s1. The van der Waals surface area contributed by atoms with E-state index in [-0.39, 0.29) is 1.43 Å². The highest BCUT2D eigenvalue weighted by Gasteiger charge is 2.07. The molecule has 0 bridgehead atoms. The fourth-order valence-corrected chi connectivity index (χ4v) is 3.30. The molecule has 0 spiro atoms. The van der Waals surface area contributed by atoms with Crippen molar-refractivity contribution in [2.45, 2.75) is 32.7 Å². The van der Waals surface area contributed by atoms with Crippen molar-refractivity contribution in [1.29, 1.82) is 5.26 Å². The molecule has 2 N–H and O–H groups in total. The summed E-state index contributed by atoms with van der Waals surface area (Å²) in [6.45, 7) is 8.15. The fourth-order valence-electron chi connectivity index (χ4n) is 3.30. The molecule has 1 aliphatic heterocycles. The van der Waals surface area contributed by atoms with Crippen LogP contribution in [-0.2, 0) is 16.0 Å². The van der Waals surface area contributed by atoms with Gasteiger partial charge in [-0.15, -0.1) is 0 Å². The Balaban J connectivity index is 0.000000840. The number of hydrogen-bond donors (Lipinski definition) is 2. The third-order valence-corrected chi connectivity index (χ3v) is 5.08. The van der Waals surface area contributed by atoms with Gasteiger partial charge in [0.1, 0.15) is 11.6 Å². The molecule has 8 nitrogen and oxygen atoms in total. The summed E-state index contributed by atoms with van der Waals surface area (Å²) in [7, 11) is 3.13. The summed E-state index contributed by atoms with van der Waals surface area (Å²) in [5.74, 6) is 0. The maximum Gasteiger partial charge on any atom is 0.390 e. The Morgan fingerprint density at radius 1 is 1.14 bits per heavy atom. The van der Waals surface area contributed by atoms with Gasteiger partial charge in [-0.1, -0.05) is 50.2 Å². The topological polar surface area (TPSA) is 116 Å². The van der Waals surface area contributed by atoms with Crippen LogP contribution < -0.4 is 10.9 Å². The maximum atomic E-state index is 11.1. The molecule has 2 heterocycles. The van der Waals surface area contributed by atoms with Crippen molar-refractivity contribution in [3.05, 3.63) is 70.6 Å². The number of nitriles is 1. The van der Waals surface area contributed by atoms with Crippen LogP contribution in [0.25, 0.3) is 22.1 Å². The van der Waals surface area contributed by atoms with Crippen LogP contribution in [0.5, 0.6) is 0 Å². The molecule has 1 aromatic heterocycles. The SMILES string of the molecule is CC.CN1CCCOCC1.CO.N#C[C@H](Cc1ccc(-c2ccc3oc(=O)c#cc3c2)cc1)NC=O.[HH]. The van der Waals surface area contributed by atoms with Crippen LogP contribution >= 0.6 is 0 Å². The van der Waals surface area contributed by atoms with Crippen LogP contribution in [0.15, 0.2) is 51.7 Å². The molecule has 1 saturated heterocycles. The predicted molar refractivity (Wildman–Crippen MR) is 142 cm³/mol. The van der Waals surface area contributed by atoms with Crippen molar-refractivity contribution in [1.82, 2.24) is 10.2 Å². The fraction of sp³-hybridized carbons (Fsp3) is 0.393. The number of likely N-dealkylation sites (N-methyl/N-ethyl adjacent to an activating group) is 1. The maximum absolute atomic E-state index is 11.1. The lowest BCUT2D eigenvalue weighted by Crippen LogP contribution is -2.28. The van der Waals surface area contributed by atoms with Gasteiger partial charge in [0.05, 0.1) is 18.1 Å². The van der Waals surface area contributed by atoms with E-state index in [0.717, 1.165) is 43.6 Å². The molecule has 1 fully saturated rings. The Hall–Kier alpha value is -3.69. The first-order valence-corrected chi connectivity index (χ1v) is 11.9. The zero-order valence-electron chi connectivity index (χ0n) is 21.4. The van der Waals surface area contributed by atoms with E-state index in [4.69, 9.17) is 19.5 Å². The summed E-state index contributed by atoms with van der Waals surface area (Å²) in [6, 6.07) is 19.8. The average Bonchev–Trinajstić information content (AvgIpc) is 3.18. The first-order chi connectivity index (χ1) is 17.6. The molecular weight excluding hydrogens is 458 g/mol. The molecule has 1 amide bonds. The number of carbonyl (C=O) groups excluding carboxylic acids is 1. The number of aliphatic hydroxyl groups excluding tert-OH is 1. The second kappa shape index (κ2) is 17.7. The van der Waals surface area contributed by atoms with E-state index in [1.165, 1.54) is 13.0 Å². The van der Waals surface area contributed by atoms with Crippen LogP contribution in [-0.4, -0.2) is 62.9 Å². The lowest BCUT2D eigenvalue weighted by Gasteiger charge is -2.09. The van der Waals surface area contributed by atoms with Gasteiger partial charge in [-0.3, -0.25) is 4.79 Å². The third kappa shape index (κ3) is 10.3. The Kier molecular flexibility index (Phi) is 14.9. The van der Waals surface area contributed by atoms with Gasteiger partial charge in [0.2, 0.25) is 6.41 Å². The summed E-state index contributed by atoms with van der Waals surface area (Å²) < 4.78 is 10.3. The van der Waals surface area contributed by atoms with Crippen molar-refractivity contribution >= 4 is 17.4 Å². The number of amides is 1. The molecule has 194 valence electrons. The number of fused-ring (bicyclic) bond motifs is 1. The number of carbonyl (C=O) groups is 1. The summed E-state index contributed by atoms with van der Waals surface area (Å²) >= 11 is 0. The highest BCUT2D eigenvalue weighted by Crippen LogP contribution is 2.23. The van der Waals surface area contributed by atoms with Gasteiger partial charge in [-0.2, -0.15) is 5.26 Å². The Morgan fingerprint density at radius 2 is 1.83 bits per heavy atom. The number of rotatable bonds is 5. The van der Waals surface area contributed by atoms with E-state index in [0.29, 0.717) is 23.8 Å². The minimum atomic E-state index is -0.546. The number of aliphatic hydroxyl groups is 1. The zero-order chi connectivity index (χ0) is 26.8. The monoisotopic (exact) mass is 495 g/mol. The van der Waals surface area contributed by atoms with E-state index >= 15 is 0 Å². The minimum Gasteiger partial charge on any atom is -0.416 e. The number of hydrogen-bond acceptors (Lipinski definition) is 7. The van der Waals surface area contributed by atoms with Crippen molar-refractivity contribution in [2.75, 3.05) is 40.5 Å². The van der Waals surface area contributed by atoms with Crippen molar-refractivity contribution in [2.24, 2.45) is 0 Å². The van der Waals surface area contributed by atoms with E-state index in [2.05, 4.69) is 29.4 Å². The lowest BCUT2D eigenvalue weighted by molar-refractivity contribution is -0.109. The molecule has 1 aliphatic rings. The second-order valence-electron chi connectivity index (χ2n) is 7.49. The number of nitrogens with one attached hydrogen (secondary N) is 1. The molecule has 8 heteroatoms. The van der Waals surface area contributed by atoms with Gasteiger partial charge >= 0.3 is 5.63 Å². The predicted octanol–water partition coefficient (Wildman–Crippen LogP) is 3.46. The van der Waals surface area contributed by atoms with Gasteiger partial charge in [-0.05, 0) is 42.3 Å². The minimum absolute atomic E-state index is 0. The average molecular weight is 496 g/mol. The lowest BCUT2D eigenvalue weighted by atomic mass is 10.0. The molecule has 2 aromatic carbocycles. The van der Waals surface area contributed by atoms with Crippen LogP contribution in [0.4, 0.5) is 0 Å². The van der Waals surface area contributed by atoms with Gasteiger partial charge in [0.25, 0.3) is 0 Å². The summed E-state index contributed by atoms with van der Waals surface area (Å²) in [4.78, 5) is 23.9. The Morgan fingerprint density at radius 3 is 2.50 bits per heavy atom. The molecule has 36 heavy (non-hydrogen) atoms. The summed E-state index contributed by atoms with van der Waals surface area (Å²) in [6.07, 6.45) is 2.17. The van der Waals surface area contributed by atoms with Crippen LogP contribution in [0.2, 0.25) is 0 Å². The normalized spacial score (nSPS) is 13.4. The molecule has 1 atom stereocenters. The summed E-state index contributed by atoms with van der Waals surface area (Å²) in [5, 5.41) is 19.1. The molecule has 0 saturated carbocycles. The Labute approximate surface area is 214 Å². The van der Waals surface area contributed by atoms with Gasteiger partial charge < -0.3 is 24.5 Å². The highest BCUT2D eigenvalue weighted by molar-refractivity contribution is 5.81. The molecular formula is C28H37N3O5. The smallest absolute Gasteiger partial charge is 0.390 e. The Bertz CT molecular complexity index is 1120. The first kappa shape index (κ1) is 30.3. The quantitative estimate of drug-likeness (QED) is 0.521. The molecule has 3 aromatic rings. The highest BCUT2D eigenvalue weighted by atomic mass is 16.5.